The second kappa shape index (κ2) is 7.02. The maximum absolute atomic E-state index is 13.3. The van der Waals surface area contributed by atoms with E-state index in [2.05, 4.69) is 10.1 Å². The van der Waals surface area contributed by atoms with E-state index < -0.39 is 6.61 Å². The predicted octanol–water partition coefficient (Wildman–Crippen LogP) is 4.99. The van der Waals surface area contributed by atoms with Crippen LogP contribution in [-0.2, 0) is 0 Å². The van der Waals surface area contributed by atoms with E-state index >= 15 is 0 Å². The lowest BCUT2D eigenvalue weighted by Crippen LogP contribution is -2.12. The minimum absolute atomic E-state index is 0.0716. The van der Waals surface area contributed by atoms with Gasteiger partial charge >= 0.3 is 6.61 Å². The summed E-state index contributed by atoms with van der Waals surface area (Å²) >= 11 is 0. The van der Waals surface area contributed by atoms with E-state index in [0.717, 1.165) is 5.56 Å². The molecule has 0 fully saturated rings. The summed E-state index contributed by atoms with van der Waals surface area (Å²) in [5.74, 6) is -0.257. The number of alkyl halides is 2. The average molecular weight is 295 g/mol. The summed E-state index contributed by atoms with van der Waals surface area (Å²) in [4.78, 5) is 0. The molecule has 1 unspecified atom stereocenters. The molecule has 2 rings (SSSR count). The topological polar surface area (TPSA) is 21.3 Å². The van der Waals surface area contributed by atoms with Crippen LogP contribution in [-0.4, -0.2) is 6.61 Å². The zero-order chi connectivity index (χ0) is 15.2. The highest BCUT2D eigenvalue weighted by Crippen LogP contribution is 2.30. The fourth-order valence-electron chi connectivity index (χ4n) is 2.12. The molecular formula is C16H16F3NO. The summed E-state index contributed by atoms with van der Waals surface area (Å²) in [5, 5.41) is 3.12. The molecule has 0 spiro atoms. The molecule has 5 heteroatoms. The molecule has 0 aliphatic heterocycles. The third kappa shape index (κ3) is 4.15. The van der Waals surface area contributed by atoms with E-state index in [1.54, 1.807) is 30.3 Å². The van der Waals surface area contributed by atoms with Gasteiger partial charge in [-0.1, -0.05) is 31.2 Å². The van der Waals surface area contributed by atoms with Crippen molar-refractivity contribution in [2.45, 2.75) is 26.0 Å². The van der Waals surface area contributed by atoms with Gasteiger partial charge < -0.3 is 10.1 Å². The minimum Gasteiger partial charge on any atom is -0.433 e. The van der Waals surface area contributed by atoms with E-state index in [4.69, 9.17) is 0 Å². The van der Waals surface area contributed by atoms with Crippen LogP contribution in [0, 0.1) is 5.82 Å². The molecule has 0 radical (unpaired) electrons. The second-order valence-electron chi connectivity index (χ2n) is 4.53. The van der Waals surface area contributed by atoms with Gasteiger partial charge in [0.2, 0.25) is 0 Å². The Balaban J connectivity index is 2.23. The Morgan fingerprint density at radius 2 is 1.86 bits per heavy atom. The molecule has 1 N–H and O–H groups in total. The summed E-state index contributed by atoms with van der Waals surface area (Å²) in [6, 6.07) is 12.5. The van der Waals surface area contributed by atoms with E-state index in [1.807, 2.05) is 6.92 Å². The largest absolute Gasteiger partial charge is 0.433 e. The summed E-state index contributed by atoms with van der Waals surface area (Å²) < 4.78 is 42.6. The monoisotopic (exact) mass is 295 g/mol. The molecule has 21 heavy (non-hydrogen) atoms. The van der Waals surface area contributed by atoms with Gasteiger partial charge in [-0.15, -0.1) is 0 Å². The van der Waals surface area contributed by atoms with Crippen LogP contribution in [0.5, 0.6) is 5.75 Å². The Bertz CT molecular complexity index is 589. The molecule has 1 atom stereocenters. The molecule has 112 valence electrons. The van der Waals surface area contributed by atoms with Crippen molar-refractivity contribution in [3.05, 3.63) is 59.9 Å². The number of rotatable bonds is 6. The Kier molecular flexibility index (Phi) is 5.09. The highest BCUT2D eigenvalue weighted by molar-refractivity contribution is 5.57. The minimum atomic E-state index is -2.89. The highest BCUT2D eigenvalue weighted by atomic mass is 19.3. The van der Waals surface area contributed by atoms with Crippen molar-refractivity contribution in [1.29, 1.82) is 0 Å². The molecule has 0 heterocycles. The standard InChI is InChI=1S/C16H16F3NO/c1-2-13(11-6-5-7-12(17)10-11)20-14-8-3-4-9-15(14)21-16(18)19/h3-10,13,16,20H,2H2,1H3. The van der Waals surface area contributed by atoms with Gasteiger partial charge in [-0.25, -0.2) is 4.39 Å². The van der Waals surface area contributed by atoms with Crippen LogP contribution in [0.1, 0.15) is 24.9 Å². The molecule has 0 amide bonds. The van der Waals surface area contributed by atoms with Crippen LogP contribution in [0.4, 0.5) is 18.9 Å². The predicted molar refractivity (Wildman–Crippen MR) is 76.1 cm³/mol. The molecule has 2 aromatic carbocycles. The van der Waals surface area contributed by atoms with Crippen molar-refractivity contribution in [1.82, 2.24) is 0 Å². The molecule has 2 nitrogen and oxygen atoms in total. The first-order chi connectivity index (χ1) is 10.1. The fraction of sp³-hybridized carbons (Fsp3) is 0.250. The number of benzene rings is 2. The van der Waals surface area contributed by atoms with Gasteiger partial charge in [0.1, 0.15) is 11.6 Å². The van der Waals surface area contributed by atoms with Crippen LogP contribution in [0.2, 0.25) is 0 Å². The van der Waals surface area contributed by atoms with Crippen molar-refractivity contribution in [2.24, 2.45) is 0 Å². The third-order valence-electron chi connectivity index (χ3n) is 3.09. The SMILES string of the molecule is CCC(Nc1ccccc1OC(F)F)c1cccc(F)c1. The number of nitrogens with one attached hydrogen (secondary N) is 1. The number of anilines is 1. The maximum Gasteiger partial charge on any atom is 0.387 e. The first kappa shape index (κ1) is 15.2. The van der Waals surface area contributed by atoms with Gasteiger partial charge in [0.15, 0.2) is 0 Å². The molecule has 0 saturated carbocycles. The van der Waals surface area contributed by atoms with Crippen LogP contribution >= 0.6 is 0 Å². The lowest BCUT2D eigenvalue weighted by atomic mass is 10.0. The van der Waals surface area contributed by atoms with Crippen molar-refractivity contribution in [3.63, 3.8) is 0 Å². The molecule has 0 bridgehead atoms. The fourth-order valence-corrected chi connectivity index (χ4v) is 2.12. The number of hydrogen-bond donors (Lipinski definition) is 1. The lowest BCUT2D eigenvalue weighted by Gasteiger charge is -2.21. The van der Waals surface area contributed by atoms with Gasteiger partial charge in [0.05, 0.1) is 11.7 Å². The van der Waals surface area contributed by atoms with E-state index in [-0.39, 0.29) is 17.6 Å². The first-order valence-electron chi connectivity index (χ1n) is 6.66. The zero-order valence-electron chi connectivity index (χ0n) is 11.5. The number of para-hydroxylation sites is 2. The Morgan fingerprint density at radius 3 is 2.52 bits per heavy atom. The third-order valence-corrected chi connectivity index (χ3v) is 3.09. The molecule has 2 aromatic rings. The lowest BCUT2D eigenvalue weighted by molar-refractivity contribution is -0.0493. The van der Waals surface area contributed by atoms with E-state index in [0.29, 0.717) is 12.1 Å². The summed E-state index contributed by atoms with van der Waals surface area (Å²) in [5.41, 5.74) is 1.21. The Hall–Kier alpha value is -2.17. The zero-order valence-corrected chi connectivity index (χ0v) is 11.5. The van der Waals surface area contributed by atoms with Crippen molar-refractivity contribution in [3.8, 4) is 5.75 Å². The quantitative estimate of drug-likeness (QED) is 0.810. The second-order valence-corrected chi connectivity index (χ2v) is 4.53. The van der Waals surface area contributed by atoms with Gasteiger partial charge in [0, 0.05) is 0 Å². The first-order valence-corrected chi connectivity index (χ1v) is 6.66. The van der Waals surface area contributed by atoms with E-state index in [9.17, 15) is 13.2 Å². The number of halogens is 3. The molecule has 0 aliphatic rings. The Morgan fingerprint density at radius 1 is 1.10 bits per heavy atom. The van der Waals surface area contributed by atoms with Gasteiger partial charge in [-0.05, 0) is 36.2 Å². The van der Waals surface area contributed by atoms with Gasteiger partial charge in [-0.2, -0.15) is 8.78 Å². The van der Waals surface area contributed by atoms with E-state index in [1.165, 1.54) is 18.2 Å². The van der Waals surface area contributed by atoms with Crippen LogP contribution in [0.15, 0.2) is 48.5 Å². The van der Waals surface area contributed by atoms with Crippen molar-refractivity contribution >= 4 is 5.69 Å². The number of hydrogen-bond acceptors (Lipinski definition) is 2. The number of ether oxygens (including phenoxy) is 1. The maximum atomic E-state index is 13.3. The molecule has 0 saturated heterocycles. The van der Waals surface area contributed by atoms with Crippen LogP contribution < -0.4 is 10.1 Å². The summed E-state index contributed by atoms with van der Waals surface area (Å²) in [6.07, 6.45) is 0.673. The van der Waals surface area contributed by atoms with Gasteiger partial charge in [0.25, 0.3) is 0 Å². The highest BCUT2D eigenvalue weighted by Gasteiger charge is 2.14. The van der Waals surface area contributed by atoms with Crippen LogP contribution in [0.25, 0.3) is 0 Å². The smallest absolute Gasteiger partial charge is 0.387 e. The summed E-state index contributed by atoms with van der Waals surface area (Å²) in [6.45, 7) is -0.957. The average Bonchev–Trinajstić information content (AvgIpc) is 2.45. The normalized spacial score (nSPS) is 12.2. The summed E-state index contributed by atoms with van der Waals surface area (Å²) in [7, 11) is 0. The van der Waals surface area contributed by atoms with Crippen molar-refractivity contribution < 1.29 is 17.9 Å². The molecule has 0 aliphatic carbocycles. The van der Waals surface area contributed by atoms with Crippen LogP contribution in [0.3, 0.4) is 0 Å². The molecular weight excluding hydrogens is 279 g/mol. The van der Waals surface area contributed by atoms with Gasteiger partial charge in [-0.3, -0.25) is 0 Å². The molecule has 0 aromatic heterocycles. The van der Waals surface area contributed by atoms with Crippen molar-refractivity contribution in [2.75, 3.05) is 5.32 Å². The Labute approximate surface area is 121 Å².